The first-order valence-corrected chi connectivity index (χ1v) is 9.17. The molecule has 1 aromatic carbocycles. The normalized spacial score (nSPS) is 17.2. The lowest BCUT2D eigenvalue weighted by Crippen LogP contribution is -2.40. The molecule has 1 heterocycles. The number of hydrogen-bond donors (Lipinski definition) is 1. The lowest BCUT2D eigenvalue weighted by Gasteiger charge is -2.22. The second-order valence-corrected chi connectivity index (χ2v) is 7.75. The van der Waals surface area contributed by atoms with Crippen LogP contribution in [0.5, 0.6) is 5.75 Å². The second kappa shape index (κ2) is 9.37. The molecule has 0 bridgehead atoms. The van der Waals surface area contributed by atoms with Crippen molar-refractivity contribution in [3.05, 3.63) is 33.9 Å². The van der Waals surface area contributed by atoms with Gasteiger partial charge in [0.1, 0.15) is 23.6 Å². The van der Waals surface area contributed by atoms with Crippen LogP contribution in [0.25, 0.3) is 0 Å². The van der Waals surface area contributed by atoms with Gasteiger partial charge < -0.3 is 19.5 Å². The number of nitro groups is 1. The number of carbonyl (C=O) groups is 2. The minimum atomic E-state index is -5.02. The van der Waals surface area contributed by atoms with Gasteiger partial charge in [0.15, 0.2) is 0 Å². The van der Waals surface area contributed by atoms with Gasteiger partial charge in [-0.25, -0.2) is 9.59 Å². The van der Waals surface area contributed by atoms with Crippen LogP contribution in [-0.4, -0.2) is 59.7 Å². The average Bonchev–Trinajstić information content (AvgIpc) is 3.03. The van der Waals surface area contributed by atoms with Crippen LogP contribution in [0.4, 0.5) is 23.7 Å². The topological polar surface area (TPSA) is 120 Å². The number of halogens is 3. The van der Waals surface area contributed by atoms with Crippen LogP contribution in [0, 0.1) is 10.1 Å². The SMILES string of the molecule is CC(C)(C)OC(=O)N[C@@H]1CCN(COC(=O)c2cc(OC(F)(F)F)ccc2[N+](=O)[O-])C1. The molecule has 2 rings (SSSR count). The Labute approximate surface area is 175 Å². The number of alkyl carbamates (subject to hydrolysis) is 1. The number of likely N-dealkylation sites (tertiary alicyclic amines) is 1. The van der Waals surface area contributed by atoms with E-state index in [9.17, 15) is 32.9 Å². The Hall–Kier alpha value is -3.09. The third kappa shape index (κ3) is 7.92. The summed E-state index contributed by atoms with van der Waals surface area (Å²) in [5, 5.41) is 13.8. The van der Waals surface area contributed by atoms with E-state index < -0.39 is 45.9 Å². The van der Waals surface area contributed by atoms with Crippen molar-refractivity contribution in [2.45, 2.75) is 45.2 Å². The highest BCUT2D eigenvalue weighted by molar-refractivity contribution is 5.94. The van der Waals surface area contributed by atoms with E-state index in [1.165, 1.54) is 0 Å². The fourth-order valence-electron chi connectivity index (χ4n) is 2.80. The van der Waals surface area contributed by atoms with Crippen molar-refractivity contribution in [2.75, 3.05) is 19.8 Å². The van der Waals surface area contributed by atoms with Crippen LogP contribution >= 0.6 is 0 Å². The Morgan fingerprint density at radius 1 is 1.29 bits per heavy atom. The lowest BCUT2D eigenvalue weighted by molar-refractivity contribution is -0.385. The van der Waals surface area contributed by atoms with E-state index in [0.29, 0.717) is 25.6 Å². The molecule has 0 unspecified atom stereocenters. The lowest BCUT2D eigenvalue weighted by atomic mass is 10.1. The fourth-order valence-corrected chi connectivity index (χ4v) is 2.80. The van der Waals surface area contributed by atoms with E-state index in [0.717, 1.165) is 12.1 Å². The number of ether oxygens (including phenoxy) is 3. The third-order valence-electron chi connectivity index (χ3n) is 3.99. The summed E-state index contributed by atoms with van der Waals surface area (Å²) in [4.78, 5) is 35.9. The van der Waals surface area contributed by atoms with Crippen molar-refractivity contribution in [3.63, 3.8) is 0 Å². The van der Waals surface area contributed by atoms with Crippen molar-refractivity contribution >= 4 is 17.7 Å². The quantitative estimate of drug-likeness (QED) is 0.399. The minimum Gasteiger partial charge on any atom is -0.446 e. The van der Waals surface area contributed by atoms with Crippen molar-refractivity contribution in [1.29, 1.82) is 0 Å². The molecule has 172 valence electrons. The molecule has 1 saturated heterocycles. The maximum absolute atomic E-state index is 12.4. The summed E-state index contributed by atoms with van der Waals surface area (Å²) in [5.41, 5.74) is -2.04. The molecule has 0 aliphatic carbocycles. The Balaban J connectivity index is 1.96. The van der Waals surface area contributed by atoms with Gasteiger partial charge in [-0.2, -0.15) is 0 Å². The van der Waals surface area contributed by atoms with Crippen molar-refractivity contribution in [1.82, 2.24) is 10.2 Å². The molecule has 1 aliphatic heterocycles. The smallest absolute Gasteiger partial charge is 0.446 e. The second-order valence-electron chi connectivity index (χ2n) is 7.75. The molecule has 1 aromatic rings. The molecular formula is C18H22F3N3O7. The summed E-state index contributed by atoms with van der Waals surface area (Å²) in [6.45, 7) is 5.68. The molecule has 1 atom stereocenters. The van der Waals surface area contributed by atoms with E-state index in [4.69, 9.17) is 9.47 Å². The summed E-state index contributed by atoms with van der Waals surface area (Å²) in [6, 6.07) is 1.81. The Bertz CT molecular complexity index is 840. The van der Waals surface area contributed by atoms with Gasteiger partial charge in [-0.1, -0.05) is 0 Å². The number of amides is 1. The van der Waals surface area contributed by atoms with Crippen LogP contribution < -0.4 is 10.1 Å². The summed E-state index contributed by atoms with van der Waals surface area (Å²) in [6.07, 6.45) is -5.07. The summed E-state index contributed by atoms with van der Waals surface area (Å²) in [5.74, 6) is -1.96. The summed E-state index contributed by atoms with van der Waals surface area (Å²) >= 11 is 0. The van der Waals surface area contributed by atoms with Crippen molar-refractivity contribution < 1.29 is 41.9 Å². The maximum atomic E-state index is 12.4. The number of nitro benzene ring substituents is 1. The molecule has 0 spiro atoms. The van der Waals surface area contributed by atoms with Gasteiger partial charge in [0.2, 0.25) is 0 Å². The van der Waals surface area contributed by atoms with Crippen LogP contribution in [0.3, 0.4) is 0 Å². The largest absolute Gasteiger partial charge is 0.573 e. The molecule has 31 heavy (non-hydrogen) atoms. The van der Waals surface area contributed by atoms with Crippen molar-refractivity contribution in [3.8, 4) is 5.75 Å². The highest BCUT2D eigenvalue weighted by atomic mass is 19.4. The Morgan fingerprint density at radius 3 is 2.55 bits per heavy atom. The van der Waals surface area contributed by atoms with E-state index >= 15 is 0 Å². The number of alkyl halides is 3. The molecule has 0 radical (unpaired) electrons. The zero-order valence-corrected chi connectivity index (χ0v) is 17.0. The molecular weight excluding hydrogens is 427 g/mol. The van der Waals surface area contributed by atoms with E-state index in [1.807, 2.05) is 0 Å². The Kier molecular flexibility index (Phi) is 7.31. The number of hydrogen-bond acceptors (Lipinski definition) is 8. The number of nitrogens with one attached hydrogen (secondary N) is 1. The van der Waals surface area contributed by atoms with Gasteiger partial charge in [0.25, 0.3) is 5.69 Å². The van der Waals surface area contributed by atoms with Crippen LogP contribution in [0.2, 0.25) is 0 Å². The zero-order chi connectivity index (χ0) is 23.4. The fraction of sp³-hybridized carbons (Fsp3) is 0.556. The van der Waals surface area contributed by atoms with Gasteiger partial charge >= 0.3 is 18.4 Å². The molecule has 10 nitrogen and oxygen atoms in total. The first-order chi connectivity index (χ1) is 14.2. The van der Waals surface area contributed by atoms with Gasteiger partial charge in [0, 0.05) is 31.3 Å². The number of carbonyl (C=O) groups excluding carboxylic acids is 2. The van der Waals surface area contributed by atoms with Crippen LogP contribution in [0.1, 0.15) is 37.6 Å². The molecule has 1 aliphatic rings. The highest BCUT2D eigenvalue weighted by Crippen LogP contribution is 2.29. The first-order valence-electron chi connectivity index (χ1n) is 9.17. The minimum absolute atomic E-state index is 0.258. The number of benzene rings is 1. The third-order valence-corrected chi connectivity index (χ3v) is 3.99. The molecule has 1 fully saturated rings. The van der Waals surface area contributed by atoms with Gasteiger partial charge in [-0.15, -0.1) is 13.2 Å². The molecule has 1 N–H and O–H groups in total. The summed E-state index contributed by atoms with van der Waals surface area (Å²) < 4.78 is 51.0. The Morgan fingerprint density at radius 2 is 1.97 bits per heavy atom. The van der Waals surface area contributed by atoms with Crippen LogP contribution in [-0.2, 0) is 9.47 Å². The number of rotatable bonds is 6. The van der Waals surface area contributed by atoms with Gasteiger partial charge in [-0.3, -0.25) is 15.0 Å². The van der Waals surface area contributed by atoms with E-state index in [2.05, 4.69) is 10.1 Å². The standard InChI is InChI=1S/C18H22F3N3O7/c1-17(2,3)31-16(26)22-11-6-7-23(9-11)10-29-15(25)13-8-12(30-18(19,20)21)4-5-14(13)24(27)28/h4-5,8,11H,6-7,9-10H2,1-3H3,(H,22,26)/t11-/m1/s1. The number of esters is 1. The molecule has 0 aromatic heterocycles. The molecule has 0 saturated carbocycles. The van der Waals surface area contributed by atoms with Crippen LogP contribution in [0.15, 0.2) is 18.2 Å². The predicted octanol–water partition coefficient (Wildman–Crippen LogP) is 3.21. The molecule has 13 heteroatoms. The summed E-state index contributed by atoms with van der Waals surface area (Å²) in [7, 11) is 0. The average molecular weight is 449 g/mol. The monoisotopic (exact) mass is 449 g/mol. The maximum Gasteiger partial charge on any atom is 0.573 e. The van der Waals surface area contributed by atoms with Gasteiger partial charge in [-0.05, 0) is 33.3 Å². The predicted molar refractivity (Wildman–Crippen MR) is 99.4 cm³/mol. The zero-order valence-electron chi connectivity index (χ0n) is 17.0. The van der Waals surface area contributed by atoms with E-state index in [1.54, 1.807) is 25.7 Å². The number of nitrogens with zero attached hydrogens (tertiary/aromatic N) is 2. The first kappa shape index (κ1) is 24.2. The van der Waals surface area contributed by atoms with E-state index in [-0.39, 0.29) is 12.8 Å². The van der Waals surface area contributed by atoms with Crippen molar-refractivity contribution in [2.24, 2.45) is 0 Å². The highest BCUT2D eigenvalue weighted by Gasteiger charge is 2.33. The van der Waals surface area contributed by atoms with Gasteiger partial charge in [0.05, 0.1) is 4.92 Å². The molecule has 1 amide bonds.